The first-order valence-electron chi connectivity index (χ1n) is 6.21. The van der Waals surface area contributed by atoms with Gasteiger partial charge in [-0.25, -0.2) is 4.98 Å². The molecule has 20 heavy (non-hydrogen) atoms. The van der Waals surface area contributed by atoms with E-state index in [9.17, 15) is 4.79 Å². The van der Waals surface area contributed by atoms with Gasteiger partial charge < -0.3 is 5.32 Å². The van der Waals surface area contributed by atoms with E-state index in [2.05, 4.69) is 20.5 Å². The Morgan fingerprint density at radius 3 is 3.05 bits per heavy atom. The van der Waals surface area contributed by atoms with Crippen molar-refractivity contribution in [1.82, 2.24) is 25.1 Å². The van der Waals surface area contributed by atoms with Gasteiger partial charge in [0, 0.05) is 6.04 Å². The van der Waals surface area contributed by atoms with Gasteiger partial charge in [-0.3, -0.25) is 14.5 Å². The maximum atomic E-state index is 12.0. The van der Waals surface area contributed by atoms with Gasteiger partial charge in [-0.1, -0.05) is 17.7 Å². The van der Waals surface area contributed by atoms with E-state index < -0.39 is 0 Å². The Hall–Kier alpha value is -1.73. The molecule has 0 unspecified atom stereocenters. The average molecular weight is 310 g/mol. The van der Waals surface area contributed by atoms with Crippen molar-refractivity contribution in [3.8, 4) is 0 Å². The number of hydrogen-bond acceptors (Lipinski definition) is 4. The Bertz CT molecular complexity index is 706. The van der Waals surface area contributed by atoms with Crippen molar-refractivity contribution < 1.29 is 4.79 Å². The van der Waals surface area contributed by atoms with Gasteiger partial charge in [0.1, 0.15) is 10.8 Å². The number of H-pyrrole nitrogens is 1. The summed E-state index contributed by atoms with van der Waals surface area (Å²) >= 11 is 10.9. The van der Waals surface area contributed by atoms with E-state index in [-0.39, 0.29) is 11.6 Å². The van der Waals surface area contributed by atoms with Crippen LogP contribution in [0.2, 0.25) is 5.15 Å². The molecule has 0 atom stereocenters. The van der Waals surface area contributed by atoms with Crippen LogP contribution in [-0.4, -0.2) is 25.7 Å². The van der Waals surface area contributed by atoms with Crippen molar-refractivity contribution in [2.75, 3.05) is 0 Å². The number of pyridine rings is 1. The monoisotopic (exact) mass is 309 g/mol. The third-order valence-corrected chi connectivity index (χ3v) is 3.54. The molecule has 1 fully saturated rings. The maximum Gasteiger partial charge on any atom is 0.270 e. The molecule has 1 aliphatic carbocycles. The predicted octanol–water partition coefficient (Wildman–Crippen LogP) is 2.25. The zero-order valence-electron chi connectivity index (χ0n) is 10.5. The van der Waals surface area contributed by atoms with Crippen LogP contribution in [0.1, 0.15) is 35.2 Å². The fourth-order valence-corrected chi connectivity index (χ4v) is 2.42. The van der Waals surface area contributed by atoms with Crippen LogP contribution in [0.3, 0.4) is 0 Å². The highest BCUT2D eigenvalue weighted by molar-refractivity contribution is 7.71. The van der Waals surface area contributed by atoms with Crippen LogP contribution in [-0.2, 0) is 6.54 Å². The second-order valence-electron chi connectivity index (χ2n) is 4.57. The highest BCUT2D eigenvalue weighted by atomic mass is 35.5. The molecule has 8 heteroatoms. The van der Waals surface area contributed by atoms with Crippen LogP contribution in [0.4, 0.5) is 0 Å². The van der Waals surface area contributed by atoms with Gasteiger partial charge in [0.05, 0.1) is 6.54 Å². The minimum Gasteiger partial charge on any atom is -0.343 e. The van der Waals surface area contributed by atoms with Gasteiger partial charge in [0.2, 0.25) is 0 Å². The smallest absolute Gasteiger partial charge is 0.270 e. The molecule has 2 aromatic heterocycles. The minimum absolute atomic E-state index is 0.282. The summed E-state index contributed by atoms with van der Waals surface area (Å²) < 4.78 is 2.55. The summed E-state index contributed by atoms with van der Waals surface area (Å²) in [6.07, 6.45) is 2.20. The largest absolute Gasteiger partial charge is 0.343 e. The zero-order valence-corrected chi connectivity index (χ0v) is 12.0. The van der Waals surface area contributed by atoms with Gasteiger partial charge in [0.15, 0.2) is 10.6 Å². The number of nitrogens with one attached hydrogen (secondary N) is 2. The van der Waals surface area contributed by atoms with Gasteiger partial charge in [-0.05, 0) is 37.2 Å². The van der Waals surface area contributed by atoms with E-state index in [0.717, 1.165) is 18.7 Å². The zero-order chi connectivity index (χ0) is 14.1. The first kappa shape index (κ1) is 13.3. The standard InChI is InChI=1S/C12H12ClN5OS/c13-9-3-1-2-8(15-9)11(19)14-6-10-16-17-12(20)18(10)7-4-5-7/h1-3,7H,4-6H2,(H,14,19)(H,17,20). The predicted molar refractivity (Wildman–Crippen MR) is 76.1 cm³/mol. The van der Waals surface area contributed by atoms with Crippen molar-refractivity contribution in [3.05, 3.63) is 39.6 Å². The molecule has 0 bridgehead atoms. The lowest BCUT2D eigenvalue weighted by molar-refractivity contribution is 0.0944. The Morgan fingerprint density at radius 1 is 1.55 bits per heavy atom. The normalized spacial score (nSPS) is 14.2. The van der Waals surface area contributed by atoms with Gasteiger partial charge in [0.25, 0.3) is 5.91 Å². The van der Waals surface area contributed by atoms with Crippen LogP contribution in [0.15, 0.2) is 18.2 Å². The molecule has 0 radical (unpaired) electrons. The Kier molecular flexibility index (Phi) is 3.54. The third kappa shape index (κ3) is 2.73. The Balaban J connectivity index is 1.71. The lowest BCUT2D eigenvalue weighted by Gasteiger charge is -2.06. The Labute approximate surface area is 125 Å². The van der Waals surface area contributed by atoms with Crippen molar-refractivity contribution in [2.45, 2.75) is 25.4 Å². The second kappa shape index (κ2) is 5.34. The molecule has 3 rings (SSSR count). The number of halogens is 1. The van der Waals surface area contributed by atoms with Gasteiger partial charge in [-0.2, -0.15) is 5.10 Å². The fraction of sp³-hybridized carbons (Fsp3) is 0.333. The van der Waals surface area contributed by atoms with E-state index in [1.54, 1.807) is 18.2 Å². The quantitative estimate of drug-likeness (QED) is 0.671. The summed E-state index contributed by atoms with van der Waals surface area (Å²) in [5, 5.41) is 9.96. The van der Waals surface area contributed by atoms with Gasteiger partial charge in [-0.15, -0.1) is 0 Å². The molecule has 1 aliphatic rings. The summed E-state index contributed by atoms with van der Waals surface area (Å²) in [6.45, 7) is 0.302. The highest BCUT2D eigenvalue weighted by Crippen LogP contribution is 2.35. The van der Waals surface area contributed by atoms with E-state index in [1.807, 2.05) is 4.57 Å². The van der Waals surface area contributed by atoms with Gasteiger partial charge >= 0.3 is 0 Å². The number of aromatic amines is 1. The van der Waals surface area contributed by atoms with Crippen molar-refractivity contribution in [1.29, 1.82) is 0 Å². The number of hydrogen-bond donors (Lipinski definition) is 2. The molecule has 0 saturated heterocycles. The number of rotatable bonds is 4. The average Bonchev–Trinajstić information content (AvgIpc) is 3.20. The molecule has 1 amide bonds. The maximum absolute atomic E-state index is 12.0. The van der Waals surface area contributed by atoms with E-state index >= 15 is 0 Å². The number of carbonyl (C=O) groups excluding carboxylic acids is 1. The lowest BCUT2D eigenvalue weighted by Crippen LogP contribution is -2.25. The molecular weight excluding hydrogens is 298 g/mol. The first-order chi connectivity index (χ1) is 9.65. The number of carbonyl (C=O) groups is 1. The molecule has 1 saturated carbocycles. The minimum atomic E-state index is -0.288. The van der Waals surface area contributed by atoms with Crippen molar-refractivity contribution in [2.24, 2.45) is 0 Å². The summed E-state index contributed by atoms with van der Waals surface area (Å²) in [7, 11) is 0. The summed E-state index contributed by atoms with van der Waals surface area (Å²) in [6, 6.07) is 5.33. The van der Waals surface area contributed by atoms with Crippen LogP contribution in [0.5, 0.6) is 0 Å². The number of nitrogens with zero attached hydrogens (tertiary/aromatic N) is 3. The van der Waals surface area contributed by atoms with Crippen LogP contribution in [0.25, 0.3) is 0 Å². The summed E-state index contributed by atoms with van der Waals surface area (Å²) in [5.74, 6) is 0.441. The molecule has 0 spiro atoms. The van der Waals surface area contributed by atoms with Crippen LogP contribution in [0, 0.1) is 4.77 Å². The second-order valence-corrected chi connectivity index (χ2v) is 5.35. The third-order valence-electron chi connectivity index (χ3n) is 3.04. The van der Waals surface area contributed by atoms with Crippen molar-refractivity contribution >= 4 is 29.7 Å². The summed E-state index contributed by atoms with van der Waals surface area (Å²) in [5.41, 5.74) is 0.282. The molecule has 0 aliphatic heterocycles. The van der Waals surface area contributed by atoms with E-state index in [0.29, 0.717) is 22.5 Å². The molecule has 2 heterocycles. The molecular formula is C12H12ClN5OS. The lowest BCUT2D eigenvalue weighted by atomic mass is 10.3. The topological polar surface area (TPSA) is 75.6 Å². The SMILES string of the molecule is O=C(NCc1n[nH]c(=S)n1C1CC1)c1cccc(Cl)n1. The molecule has 0 aromatic carbocycles. The number of amides is 1. The molecule has 6 nitrogen and oxygen atoms in total. The van der Waals surface area contributed by atoms with E-state index in [1.165, 1.54) is 0 Å². The van der Waals surface area contributed by atoms with Crippen LogP contribution >= 0.6 is 23.8 Å². The van der Waals surface area contributed by atoms with Crippen molar-refractivity contribution in [3.63, 3.8) is 0 Å². The highest BCUT2D eigenvalue weighted by Gasteiger charge is 2.27. The van der Waals surface area contributed by atoms with Crippen LogP contribution < -0.4 is 5.32 Å². The molecule has 104 valence electrons. The first-order valence-corrected chi connectivity index (χ1v) is 7.00. The fourth-order valence-electron chi connectivity index (χ4n) is 1.96. The molecule has 2 N–H and O–H groups in total. The van der Waals surface area contributed by atoms with E-state index in [4.69, 9.17) is 23.8 Å². The summed E-state index contributed by atoms with van der Waals surface area (Å²) in [4.78, 5) is 15.9. The number of aromatic nitrogens is 4. The Morgan fingerprint density at radius 2 is 2.35 bits per heavy atom. The molecule has 2 aromatic rings.